The number of hydrogen-bond acceptors (Lipinski definition) is 5. The topological polar surface area (TPSA) is 58.1 Å². The van der Waals surface area contributed by atoms with Crippen LogP contribution in [-0.2, 0) is 4.79 Å². The summed E-state index contributed by atoms with van der Waals surface area (Å²) in [5.74, 6) is 0.528. The summed E-state index contributed by atoms with van der Waals surface area (Å²) in [4.78, 5) is 15.3. The smallest absolute Gasteiger partial charge is 0.248 e. The predicted molar refractivity (Wildman–Crippen MR) is 104 cm³/mol. The first-order valence-electron chi connectivity index (χ1n) is 9.74. The van der Waals surface area contributed by atoms with Crippen LogP contribution in [0.3, 0.4) is 0 Å². The summed E-state index contributed by atoms with van der Waals surface area (Å²) in [6, 6.07) is 9.81. The average Bonchev–Trinajstić information content (AvgIpc) is 3.36. The van der Waals surface area contributed by atoms with E-state index in [9.17, 15) is 4.79 Å². The Labute approximate surface area is 158 Å². The van der Waals surface area contributed by atoms with Gasteiger partial charge in [0.05, 0.1) is 0 Å². The van der Waals surface area contributed by atoms with Crippen LogP contribution in [0.25, 0.3) is 0 Å². The van der Waals surface area contributed by atoms with Crippen molar-refractivity contribution in [2.24, 2.45) is 0 Å². The molecule has 1 aromatic carbocycles. The zero-order valence-electron chi connectivity index (χ0n) is 15.1. The van der Waals surface area contributed by atoms with E-state index in [2.05, 4.69) is 20.4 Å². The second-order valence-corrected chi connectivity index (χ2v) is 8.34. The van der Waals surface area contributed by atoms with E-state index < -0.39 is 0 Å². The fourth-order valence-corrected chi connectivity index (χ4v) is 5.05. The van der Waals surface area contributed by atoms with Crippen molar-refractivity contribution in [3.05, 3.63) is 40.9 Å². The molecule has 1 saturated carbocycles. The van der Waals surface area contributed by atoms with Gasteiger partial charge < -0.3 is 0 Å². The molecular weight excluding hydrogens is 344 g/mol. The van der Waals surface area contributed by atoms with Crippen LogP contribution >= 0.6 is 11.3 Å². The number of carbonyl (C=O) groups excluding carboxylic acids is 1. The minimum Gasteiger partial charge on any atom is -0.299 e. The van der Waals surface area contributed by atoms with Gasteiger partial charge in [0.25, 0.3) is 0 Å². The summed E-state index contributed by atoms with van der Waals surface area (Å²) in [6.07, 6.45) is 8.58. The van der Waals surface area contributed by atoms with Gasteiger partial charge in [0, 0.05) is 5.92 Å². The Morgan fingerprint density at radius 2 is 1.77 bits per heavy atom. The molecule has 6 heteroatoms. The third-order valence-corrected chi connectivity index (χ3v) is 6.50. The molecule has 2 heterocycles. The van der Waals surface area contributed by atoms with Crippen LogP contribution in [0.1, 0.15) is 67.5 Å². The summed E-state index contributed by atoms with van der Waals surface area (Å²) in [5, 5.41) is 13.4. The van der Waals surface area contributed by atoms with E-state index in [0.29, 0.717) is 11.0 Å². The van der Waals surface area contributed by atoms with E-state index in [1.165, 1.54) is 32.1 Å². The average molecular weight is 371 g/mol. The molecule has 138 valence electrons. The van der Waals surface area contributed by atoms with Crippen molar-refractivity contribution in [2.45, 2.75) is 56.9 Å². The lowest BCUT2D eigenvalue weighted by atomic mass is 9.90. The Balaban J connectivity index is 1.48. The van der Waals surface area contributed by atoms with E-state index in [1.54, 1.807) is 11.3 Å². The SMILES string of the molecule is O=C(Nc1nnc(C2CCCCC2)s1)[C@@H](c1ccccc1)N1CCCC1. The van der Waals surface area contributed by atoms with Gasteiger partial charge in [0.15, 0.2) is 0 Å². The first kappa shape index (κ1) is 17.6. The standard InChI is InChI=1S/C20H26N4OS/c25-18(17(24-13-7-8-14-24)15-9-3-1-4-10-15)21-20-23-22-19(26-20)16-11-5-2-6-12-16/h1,3-4,9-10,16-17H,2,5-8,11-14H2,(H,21,23,25)/t17-/m1/s1. The molecule has 26 heavy (non-hydrogen) atoms. The van der Waals surface area contributed by atoms with E-state index in [-0.39, 0.29) is 11.9 Å². The van der Waals surface area contributed by atoms with Gasteiger partial charge in [-0.15, -0.1) is 10.2 Å². The van der Waals surface area contributed by atoms with E-state index in [4.69, 9.17) is 0 Å². The maximum absolute atomic E-state index is 13.1. The number of anilines is 1. The Hall–Kier alpha value is -1.79. The number of likely N-dealkylation sites (tertiary alicyclic amines) is 1. The molecule has 1 amide bonds. The minimum absolute atomic E-state index is 0.00411. The van der Waals surface area contributed by atoms with Crippen molar-refractivity contribution >= 4 is 22.4 Å². The molecule has 0 spiro atoms. The van der Waals surface area contributed by atoms with Crippen molar-refractivity contribution in [3.8, 4) is 0 Å². The highest BCUT2D eigenvalue weighted by Gasteiger charge is 2.30. The first-order chi connectivity index (χ1) is 12.8. The number of nitrogens with one attached hydrogen (secondary N) is 1. The summed E-state index contributed by atoms with van der Waals surface area (Å²) in [6.45, 7) is 1.94. The van der Waals surface area contributed by atoms with Crippen LogP contribution in [-0.4, -0.2) is 34.1 Å². The second-order valence-electron chi connectivity index (χ2n) is 7.33. The van der Waals surface area contributed by atoms with Gasteiger partial charge >= 0.3 is 0 Å². The highest BCUT2D eigenvalue weighted by molar-refractivity contribution is 7.15. The molecule has 1 aromatic heterocycles. The molecule has 1 aliphatic heterocycles. The molecule has 1 N–H and O–H groups in total. The van der Waals surface area contributed by atoms with Crippen LogP contribution in [0.4, 0.5) is 5.13 Å². The van der Waals surface area contributed by atoms with Crippen LogP contribution in [0.5, 0.6) is 0 Å². The molecular formula is C20H26N4OS. The third kappa shape index (κ3) is 3.96. The number of nitrogens with zero attached hydrogens (tertiary/aromatic N) is 3. The summed E-state index contributed by atoms with van der Waals surface area (Å²) in [7, 11) is 0. The van der Waals surface area contributed by atoms with E-state index >= 15 is 0 Å². The van der Waals surface area contributed by atoms with Gasteiger partial charge in [-0.3, -0.25) is 15.0 Å². The normalized spacial score (nSPS) is 20.2. The molecule has 1 aliphatic carbocycles. The van der Waals surface area contributed by atoms with Gasteiger partial charge in [-0.25, -0.2) is 0 Å². The molecule has 0 radical (unpaired) electrons. The minimum atomic E-state index is -0.249. The number of amides is 1. The molecule has 2 aliphatic rings. The number of hydrogen-bond donors (Lipinski definition) is 1. The van der Waals surface area contributed by atoms with Crippen LogP contribution in [0, 0.1) is 0 Å². The Morgan fingerprint density at radius 1 is 1.04 bits per heavy atom. The monoisotopic (exact) mass is 370 g/mol. The molecule has 2 fully saturated rings. The summed E-state index contributed by atoms with van der Waals surface area (Å²) in [5.41, 5.74) is 1.05. The van der Waals surface area contributed by atoms with E-state index in [0.717, 1.165) is 36.5 Å². The molecule has 2 aromatic rings. The van der Waals surface area contributed by atoms with Crippen LogP contribution in [0.2, 0.25) is 0 Å². The zero-order valence-corrected chi connectivity index (χ0v) is 15.9. The zero-order chi connectivity index (χ0) is 17.8. The maximum atomic E-state index is 13.1. The van der Waals surface area contributed by atoms with Gasteiger partial charge in [-0.1, -0.05) is 60.9 Å². The highest BCUT2D eigenvalue weighted by atomic mass is 32.1. The quantitative estimate of drug-likeness (QED) is 0.849. The molecule has 1 atom stereocenters. The maximum Gasteiger partial charge on any atom is 0.248 e. The lowest BCUT2D eigenvalue weighted by Gasteiger charge is -2.26. The predicted octanol–water partition coefficient (Wildman–Crippen LogP) is 4.36. The molecule has 5 nitrogen and oxygen atoms in total. The Bertz CT molecular complexity index is 720. The van der Waals surface area contributed by atoms with Gasteiger partial charge in [0.1, 0.15) is 11.0 Å². The van der Waals surface area contributed by atoms with E-state index in [1.807, 2.05) is 30.3 Å². The summed E-state index contributed by atoms with van der Waals surface area (Å²) < 4.78 is 0. The van der Waals surface area contributed by atoms with Gasteiger partial charge in [-0.05, 0) is 44.3 Å². The molecule has 1 saturated heterocycles. The molecule has 0 unspecified atom stereocenters. The number of aromatic nitrogens is 2. The summed E-state index contributed by atoms with van der Waals surface area (Å²) >= 11 is 1.55. The lowest BCUT2D eigenvalue weighted by molar-refractivity contribution is -0.121. The Morgan fingerprint density at radius 3 is 2.50 bits per heavy atom. The third-order valence-electron chi connectivity index (χ3n) is 5.49. The number of benzene rings is 1. The lowest BCUT2D eigenvalue weighted by Crippen LogP contribution is -2.35. The molecule has 0 bridgehead atoms. The fourth-order valence-electron chi connectivity index (χ4n) is 4.14. The first-order valence-corrected chi connectivity index (χ1v) is 10.6. The van der Waals surface area contributed by atoms with Crippen LogP contribution in [0.15, 0.2) is 30.3 Å². The molecule has 4 rings (SSSR count). The van der Waals surface area contributed by atoms with Crippen molar-refractivity contribution in [1.82, 2.24) is 15.1 Å². The van der Waals surface area contributed by atoms with Crippen molar-refractivity contribution < 1.29 is 4.79 Å². The van der Waals surface area contributed by atoms with Crippen LogP contribution < -0.4 is 5.32 Å². The second kappa shape index (κ2) is 8.27. The fraction of sp³-hybridized carbons (Fsp3) is 0.550. The highest BCUT2D eigenvalue weighted by Crippen LogP contribution is 2.35. The van der Waals surface area contributed by atoms with Gasteiger partial charge in [0.2, 0.25) is 11.0 Å². The largest absolute Gasteiger partial charge is 0.299 e. The number of rotatable bonds is 5. The van der Waals surface area contributed by atoms with Crippen molar-refractivity contribution in [2.75, 3.05) is 18.4 Å². The van der Waals surface area contributed by atoms with Gasteiger partial charge in [-0.2, -0.15) is 0 Å². The number of carbonyl (C=O) groups is 1. The van der Waals surface area contributed by atoms with Crippen molar-refractivity contribution in [1.29, 1.82) is 0 Å². The Kier molecular flexibility index (Phi) is 5.60. The van der Waals surface area contributed by atoms with Crippen molar-refractivity contribution in [3.63, 3.8) is 0 Å².